The first-order valence-electron chi connectivity index (χ1n) is 9.18. The second-order valence-electron chi connectivity index (χ2n) is 7.25. The monoisotopic (exact) mass is 334 g/mol. The molecule has 2 unspecified atom stereocenters. The fraction of sp³-hybridized carbons (Fsp3) is 0.778. The summed E-state index contributed by atoms with van der Waals surface area (Å²) in [5, 5.41) is 0. The predicted molar refractivity (Wildman–Crippen MR) is 90.9 cm³/mol. The highest BCUT2D eigenvalue weighted by Gasteiger charge is 2.36. The first-order chi connectivity index (χ1) is 11.3. The molecular formula is C18H26N2O2S. The van der Waals surface area contributed by atoms with Crippen molar-refractivity contribution in [1.29, 1.82) is 0 Å². The van der Waals surface area contributed by atoms with Crippen LogP contribution in [0.15, 0.2) is 6.07 Å². The first-order valence-corrected chi connectivity index (χ1v) is 9.95. The van der Waals surface area contributed by atoms with Gasteiger partial charge in [0, 0.05) is 30.7 Å². The molecule has 4 rings (SSSR count). The Morgan fingerprint density at radius 3 is 2.78 bits per heavy atom. The lowest BCUT2D eigenvalue weighted by molar-refractivity contribution is 0.0386. The zero-order chi connectivity index (χ0) is 15.6. The summed E-state index contributed by atoms with van der Waals surface area (Å²) in [4.78, 5) is 16.4. The topological polar surface area (TPSA) is 42.4 Å². The van der Waals surface area contributed by atoms with Crippen molar-refractivity contribution in [3.8, 4) is 0 Å². The average Bonchev–Trinajstić information content (AvgIpc) is 3.11. The molecule has 0 radical (unpaired) electrons. The van der Waals surface area contributed by atoms with Crippen LogP contribution in [0.1, 0.15) is 72.7 Å². The van der Waals surface area contributed by atoms with Gasteiger partial charge < -0.3 is 9.64 Å². The zero-order valence-electron chi connectivity index (χ0n) is 13.7. The van der Waals surface area contributed by atoms with Gasteiger partial charge in [-0.05, 0) is 68.0 Å². The summed E-state index contributed by atoms with van der Waals surface area (Å²) in [6.07, 6.45) is 9.69. The van der Waals surface area contributed by atoms with E-state index in [-0.39, 0.29) is 5.91 Å². The second kappa shape index (κ2) is 6.89. The number of nitrogens with zero attached hydrogens (tertiary/aromatic N) is 2. The van der Waals surface area contributed by atoms with E-state index in [1.165, 1.54) is 48.5 Å². The molecule has 0 N–H and O–H groups in total. The van der Waals surface area contributed by atoms with Gasteiger partial charge >= 0.3 is 0 Å². The first kappa shape index (κ1) is 15.6. The van der Waals surface area contributed by atoms with Crippen molar-refractivity contribution in [2.24, 2.45) is 5.92 Å². The Labute approximate surface area is 142 Å². The fourth-order valence-electron chi connectivity index (χ4n) is 4.59. The molecule has 126 valence electrons. The molecule has 1 amide bonds. The lowest BCUT2D eigenvalue weighted by Crippen LogP contribution is -2.49. The molecule has 1 aromatic rings. The number of piperidine rings is 1. The molecule has 1 saturated carbocycles. The molecule has 2 atom stereocenters. The molecule has 0 spiro atoms. The molecule has 0 aromatic carbocycles. The lowest BCUT2D eigenvalue weighted by atomic mass is 9.78. The van der Waals surface area contributed by atoms with Crippen LogP contribution in [0.4, 0.5) is 0 Å². The van der Waals surface area contributed by atoms with E-state index in [1.54, 1.807) is 0 Å². The molecule has 3 aliphatic rings. The summed E-state index contributed by atoms with van der Waals surface area (Å²) in [6, 6.07) is 2.54. The summed E-state index contributed by atoms with van der Waals surface area (Å²) >= 11 is 1.52. The molecular weight excluding hydrogens is 308 g/mol. The maximum atomic E-state index is 13.0. The van der Waals surface area contributed by atoms with E-state index >= 15 is 0 Å². The summed E-state index contributed by atoms with van der Waals surface area (Å²) in [5.41, 5.74) is 0.683. The molecule has 0 bridgehead atoms. The van der Waals surface area contributed by atoms with E-state index in [1.807, 2.05) is 0 Å². The van der Waals surface area contributed by atoms with E-state index in [4.69, 9.17) is 4.74 Å². The normalized spacial score (nSPS) is 29.3. The van der Waals surface area contributed by atoms with Crippen molar-refractivity contribution in [1.82, 2.24) is 9.27 Å². The summed E-state index contributed by atoms with van der Waals surface area (Å²) in [7, 11) is 0. The quantitative estimate of drug-likeness (QED) is 0.825. The summed E-state index contributed by atoms with van der Waals surface area (Å²) in [5.74, 6) is 1.44. The van der Waals surface area contributed by atoms with Crippen LogP contribution in [0.5, 0.6) is 0 Å². The highest BCUT2D eigenvalue weighted by Crippen LogP contribution is 2.36. The predicted octanol–water partition coefficient (Wildman–Crippen LogP) is 3.83. The minimum Gasteiger partial charge on any atom is -0.381 e. The number of fused-ring (bicyclic) bond motifs is 1. The maximum Gasteiger partial charge on any atom is 0.273 e. The van der Waals surface area contributed by atoms with Gasteiger partial charge in [0.2, 0.25) is 0 Å². The van der Waals surface area contributed by atoms with Crippen molar-refractivity contribution >= 4 is 17.4 Å². The minimum absolute atomic E-state index is 0.177. The Kier molecular flexibility index (Phi) is 4.67. The van der Waals surface area contributed by atoms with Crippen molar-refractivity contribution < 1.29 is 9.53 Å². The van der Waals surface area contributed by atoms with Crippen LogP contribution in [0.25, 0.3) is 0 Å². The second-order valence-corrected chi connectivity index (χ2v) is 8.09. The molecule has 1 aromatic heterocycles. The van der Waals surface area contributed by atoms with Crippen molar-refractivity contribution in [2.45, 2.75) is 63.3 Å². The maximum absolute atomic E-state index is 13.0. The number of ether oxygens (including phenoxy) is 1. The van der Waals surface area contributed by atoms with E-state index in [2.05, 4.69) is 15.3 Å². The Morgan fingerprint density at radius 1 is 1.13 bits per heavy atom. The lowest BCUT2D eigenvalue weighted by Gasteiger charge is -2.43. The Balaban J connectivity index is 1.48. The van der Waals surface area contributed by atoms with Crippen molar-refractivity contribution in [3.05, 3.63) is 16.6 Å². The number of likely N-dealkylation sites (tertiary alicyclic amines) is 1. The molecule has 5 heteroatoms. The smallest absolute Gasteiger partial charge is 0.273 e. The highest BCUT2D eigenvalue weighted by molar-refractivity contribution is 7.06. The van der Waals surface area contributed by atoms with Crippen molar-refractivity contribution in [2.75, 3.05) is 19.8 Å². The number of hydrogen-bond donors (Lipinski definition) is 0. The van der Waals surface area contributed by atoms with Crippen LogP contribution in [0, 0.1) is 5.92 Å². The third-order valence-electron chi connectivity index (χ3n) is 5.88. The SMILES string of the molecule is O=C(c1cc(C2CCOCC2)sn1)N1CCCC2CCCCC21. The Hall–Kier alpha value is -0.940. The number of rotatable bonds is 2. The third-order valence-corrected chi connectivity index (χ3v) is 6.83. The van der Waals surface area contributed by atoms with Gasteiger partial charge in [-0.1, -0.05) is 12.8 Å². The van der Waals surface area contributed by atoms with Crippen LogP contribution in [-0.4, -0.2) is 41.0 Å². The Morgan fingerprint density at radius 2 is 1.91 bits per heavy atom. The summed E-state index contributed by atoms with van der Waals surface area (Å²) < 4.78 is 9.95. The van der Waals surface area contributed by atoms with Gasteiger partial charge in [-0.25, -0.2) is 0 Å². The van der Waals surface area contributed by atoms with Crippen LogP contribution in [0.3, 0.4) is 0 Å². The van der Waals surface area contributed by atoms with Gasteiger partial charge in [0.25, 0.3) is 5.91 Å². The van der Waals surface area contributed by atoms with E-state index in [0.29, 0.717) is 17.7 Å². The van der Waals surface area contributed by atoms with Crippen LogP contribution >= 0.6 is 11.5 Å². The van der Waals surface area contributed by atoms with Crippen LogP contribution in [0.2, 0.25) is 0 Å². The molecule has 2 saturated heterocycles. The fourth-order valence-corrected chi connectivity index (χ4v) is 5.47. The molecule has 4 nitrogen and oxygen atoms in total. The highest BCUT2D eigenvalue weighted by atomic mass is 32.1. The standard InChI is InChI=1S/C18H26N2O2S/c21-18(20-9-3-5-13-4-1-2-6-16(13)20)15-12-17(23-19-15)14-7-10-22-11-8-14/h12-14,16H,1-11H2. The molecule has 1 aliphatic carbocycles. The van der Waals surface area contributed by atoms with Gasteiger partial charge in [0.15, 0.2) is 0 Å². The number of aromatic nitrogens is 1. The third kappa shape index (κ3) is 3.18. The molecule has 2 aliphatic heterocycles. The zero-order valence-corrected chi connectivity index (χ0v) is 14.5. The van der Waals surface area contributed by atoms with Gasteiger partial charge in [-0.15, -0.1) is 0 Å². The van der Waals surface area contributed by atoms with E-state index in [0.717, 1.165) is 44.9 Å². The number of carbonyl (C=O) groups excluding carboxylic acids is 1. The Bertz CT molecular complexity index is 551. The van der Waals surface area contributed by atoms with E-state index < -0.39 is 0 Å². The van der Waals surface area contributed by atoms with Crippen molar-refractivity contribution in [3.63, 3.8) is 0 Å². The number of carbonyl (C=O) groups is 1. The van der Waals surface area contributed by atoms with Crippen LogP contribution in [-0.2, 0) is 4.74 Å². The van der Waals surface area contributed by atoms with Gasteiger partial charge in [0.1, 0.15) is 5.69 Å². The van der Waals surface area contributed by atoms with Gasteiger partial charge in [-0.2, -0.15) is 4.37 Å². The number of hydrogen-bond acceptors (Lipinski definition) is 4. The molecule has 23 heavy (non-hydrogen) atoms. The molecule has 3 heterocycles. The van der Waals surface area contributed by atoms with Crippen LogP contribution < -0.4 is 0 Å². The van der Waals surface area contributed by atoms with Gasteiger partial charge in [-0.3, -0.25) is 4.79 Å². The summed E-state index contributed by atoms with van der Waals surface area (Å²) in [6.45, 7) is 2.59. The van der Waals surface area contributed by atoms with E-state index in [9.17, 15) is 4.79 Å². The number of amides is 1. The largest absolute Gasteiger partial charge is 0.381 e. The van der Waals surface area contributed by atoms with Gasteiger partial charge in [0.05, 0.1) is 0 Å². The molecule has 3 fully saturated rings. The minimum atomic E-state index is 0.177. The average molecular weight is 334 g/mol.